The molecule has 3 rings (SSSR count). The molecule has 2 aliphatic heterocycles. The minimum Gasteiger partial charge on any atom is -0.379 e. The van der Waals surface area contributed by atoms with Gasteiger partial charge in [-0.1, -0.05) is 33.1 Å². The number of hydrogen-bond donors (Lipinski definition) is 1. The third-order valence-electron chi connectivity index (χ3n) is 6.93. The van der Waals surface area contributed by atoms with Crippen molar-refractivity contribution in [2.24, 2.45) is 5.92 Å². The van der Waals surface area contributed by atoms with Crippen LogP contribution in [0.1, 0.15) is 75.2 Å². The van der Waals surface area contributed by atoms with E-state index in [1.54, 1.807) is 6.92 Å². The number of nitrogens with one attached hydrogen (secondary N) is 1. The maximum absolute atomic E-state index is 13.0. The number of amides is 2. The summed E-state index contributed by atoms with van der Waals surface area (Å²) in [5, 5.41) is 3.10. The first-order valence-corrected chi connectivity index (χ1v) is 13.7. The van der Waals surface area contributed by atoms with Gasteiger partial charge in [0.15, 0.2) is 0 Å². The zero-order valence-corrected chi connectivity index (χ0v) is 22.2. The zero-order valence-electron chi connectivity index (χ0n) is 22.2. The van der Waals surface area contributed by atoms with Gasteiger partial charge in [0.1, 0.15) is 0 Å². The summed E-state index contributed by atoms with van der Waals surface area (Å²) in [5.41, 5.74) is 2.70. The summed E-state index contributed by atoms with van der Waals surface area (Å²) in [7, 11) is 0. The highest BCUT2D eigenvalue weighted by molar-refractivity contribution is 5.97. The lowest BCUT2D eigenvalue weighted by molar-refractivity contribution is -0.116. The number of ether oxygens (including phenoxy) is 1. The molecule has 0 saturated carbocycles. The minimum atomic E-state index is -0.0364. The highest BCUT2D eigenvalue weighted by atomic mass is 16.5. The van der Waals surface area contributed by atoms with Gasteiger partial charge in [-0.05, 0) is 62.0 Å². The highest BCUT2D eigenvalue weighted by Gasteiger charge is 2.20. The second-order valence-electron chi connectivity index (χ2n) is 10.5. The molecule has 0 radical (unpaired) electrons. The SMILES string of the molecule is CC(=O)N1CCCCCCCN(CC(C)C)Cc2cc(C(=O)NCCCN3CCOCC3)ccc21. The van der Waals surface area contributed by atoms with Crippen LogP contribution < -0.4 is 10.2 Å². The van der Waals surface area contributed by atoms with Gasteiger partial charge in [0.2, 0.25) is 5.91 Å². The first-order chi connectivity index (χ1) is 16.9. The summed E-state index contributed by atoms with van der Waals surface area (Å²) in [6, 6.07) is 5.88. The molecule has 0 spiro atoms. The van der Waals surface area contributed by atoms with Crippen molar-refractivity contribution in [2.45, 2.75) is 65.8 Å². The van der Waals surface area contributed by atoms with Crippen LogP contribution in [0.2, 0.25) is 0 Å². The lowest BCUT2D eigenvalue weighted by atomic mass is 10.0. The number of morpholine rings is 1. The molecule has 2 aliphatic rings. The number of benzene rings is 1. The van der Waals surface area contributed by atoms with E-state index >= 15 is 0 Å². The summed E-state index contributed by atoms with van der Waals surface area (Å²) >= 11 is 0. The molecular formula is C28H46N4O3. The van der Waals surface area contributed by atoms with Gasteiger partial charge in [-0.3, -0.25) is 19.4 Å². The number of fused-ring (bicyclic) bond motifs is 1. The van der Waals surface area contributed by atoms with Crippen LogP contribution in [0, 0.1) is 5.92 Å². The van der Waals surface area contributed by atoms with Crippen molar-refractivity contribution in [3.05, 3.63) is 29.3 Å². The normalized spacial score (nSPS) is 19.0. The summed E-state index contributed by atoms with van der Waals surface area (Å²) < 4.78 is 5.40. The van der Waals surface area contributed by atoms with Gasteiger partial charge in [0, 0.05) is 57.4 Å². The van der Waals surface area contributed by atoms with E-state index in [1.807, 2.05) is 23.1 Å². The molecule has 0 aromatic heterocycles. The molecule has 196 valence electrons. The molecule has 2 amide bonds. The quantitative estimate of drug-likeness (QED) is 0.592. The Bertz CT molecular complexity index is 807. The Labute approximate surface area is 212 Å². The topological polar surface area (TPSA) is 65.1 Å². The molecule has 7 nitrogen and oxygen atoms in total. The predicted octanol–water partition coefficient (Wildman–Crippen LogP) is 3.91. The molecule has 1 saturated heterocycles. The Morgan fingerprint density at radius 1 is 0.971 bits per heavy atom. The fourth-order valence-corrected chi connectivity index (χ4v) is 5.12. The van der Waals surface area contributed by atoms with Crippen LogP contribution in [0.5, 0.6) is 0 Å². The van der Waals surface area contributed by atoms with Crippen LogP contribution in [0.4, 0.5) is 5.69 Å². The third kappa shape index (κ3) is 9.21. The average molecular weight is 487 g/mol. The van der Waals surface area contributed by atoms with E-state index in [4.69, 9.17) is 4.74 Å². The summed E-state index contributed by atoms with van der Waals surface area (Å²) in [5.74, 6) is 0.595. The number of rotatable bonds is 7. The monoisotopic (exact) mass is 486 g/mol. The van der Waals surface area contributed by atoms with Crippen molar-refractivity contribution in [3.8, 4) is 0 Å². The minimum absolute atomic E-state index is 0.0364. The van der Waals surface area contributed by atoms with Crippen molar-refractivity contribution < 1.29 is 14.3 Å². The number of hydrogen-bond acceptors (Lipinski definition) is 5. The molecule has 0 unspecified atom stereocenters. The van der Waals surface area contributed by atoms with Crippen molar-refractivity contribution in [3.63, 3.8) is 0 Å². The molecule has 0 aliphatic carbocycles. The fourth-order valence-electron chi connectivity index (χ4n) is 5.12. The first kappa shape index (κ1) is 27.6. The van der Waals surface area contributed by atoms with E-state index in [1.165, 1.54) is 19.3 Å². The molecule has 0 bridgehead atoms. The molecule has 0 atom stereocenters. The lowest BCUT2D eigenvalue weighted by Gasteiger charge is -2.30. The standard InChI is InChI=1S/C28H46N4O3/c1-23(2)21-31-13-7-5-4-6-8-15-32(24(3)33)27-11-10-25(20-26(27)22-31)28(34)29-12-9-14-30-16-18-35-19-17-30/h10-11,20,23H,4-9,12-19,21-22H2,1-3H3,(H,29,34). The first-order valence-electron chi connectivity index (χ1n) is 13.7. The molecule has 35 heavy (non-hydrogen) atoms. The van der Waals surface area contributed by atoms with Crippen LogP contribution in [0.3, 0.4) is 0 Å². The Morgan fingerprint density at radius 3 is 2.40 bits per heavy atom. The molecule has 1 N–H and O–H groups in total. The Kier molecular flexibility index (Phi) is 11.5. The van der Waals surface area contributed by atoms with E-state index < -0.39 is 0 Å². The average Bonchev–Trinajstić information content (AvgIpc) is 2.83. The second-order valence-corrected chi connectivity index (χ2v) is 10.5. The molecule has 1 aromatic rings. The number of carbonyl (C=O) groups excluding carboxylic acids is 2. The maximum Gasteiger partial charge on any atom is 0.251 e. The van der Waals surface area contributed by atoms with Gasteiger partial charge in [0.25, 0.3) is 5.91 Å². The van der Waals surface area contributed by atoms with Crippen molar-refractivity contribution in [1.82, 2.24) is 15.1 Å². The van der Waals surface area contributed by atoms with Gasteiger partial charge in [-0.15, -0.1) is 0 Å². The third-order valence-corrected chi connectivity index (χ3v) is 6.93. The van der Waals surface area contributed by atoms with E-state index in [2.05, 4.69) is 29.0 Å². The van der Waals surface area contributed by atoms with E-state index in [-0.39, 0.29) is 11.8 Å². The van der Waals surface area contributed by atoms with Crippen LogP contribution in [-0.2, 0) is 16.1 Å². The zero-order chi connectivity index (χ0) is 25.0. The summed E-state index contributed by atoms with van der Waals surface area (Å²) in [4.78, 5) is 32.4. The number of nitrogens with zero attached hydrogens (tertiary/aromatic N) is 3. The second kappa shape index (κ2) is 14.6. The van der Waals surface area contributed by atoms with Crippen molar-refractivity contribution in [1.29, 1.82) is 0 Å². The molecule has 7 heteroatoms. The van der Waals surface area contributed by atoms with Crippen LogP contribution in [-0.4, -0.2) is 80.6 Å². The van der Waals surface area contributed by atoms with Gasteiger partial charge < -0.3 is 15.0 Å². The largest absolute Gasteiger partial charge is 0.379 e. The molecule has 1 aromatic carbocycles. The molecule has 1 fully saturated rings. The summed E-state index contributed by atoms with van der Waals surface area (Å²) in [6.45, 7) is 14.9. The Morgan fingerprint density at radius 2 is 1.69 bits per heavy atom. The van der Waals surface area contributed by atoms with Gasteiger partial charge in [0.05, 0.1) is 13.2 Å². The van der Waals surface area contributed by atoms with Gasteiger partial charge >= 0.3 is 0 Å². The Balaban J connectivity index is 1.73. The van der Waals surface area contributed by atoms with Crippen LogP contribution in [0.15, 0.2) is 18.2 Å². The highest BCUT2D eigenvalue weighted by Crippen LogP contribution is 2.26. The summed E-state index contributed by atoms with van der Waals surface area (Å²) in [6.07, 6.45) is 6.74. The van der Waals surface area contributed by atoms with Crippen molar-refractivity contribution >= 4 is 17.5 Å². The molecular weight excluding hydrogens is 440 g/mol. The Hall–Kier alpha value is -1.96. The van der Waals surface area contributed by atoms with Gasteiger partial charge in [-0.2, -0.15) is 0 Å². The van der Waals surface area contributed by atoms with E-state index in [0.29, 0.717) is 18.0 Å². The van der Waals surface area contributed by atoms with Crippen LogP contribution in [0.25, 0.3) is 0 Å². The lowest BCUT2D eigenvalue weighted by Crippen LogP contribution is -2.38. The maximum atomic E-state index is 13.0. The number of anilines is 1. The molecule has 2 heterocycles. The predicted molar refractivity (Wildman–Crippen MR) is 142 cm³/mol. The van der Waals surface area contributed by atoms with Crippen molar-refractivity contribution in [2.75, 3.05) is 63.9 Å². The van der Waals surface area contributed by atoms with E-state index in [0.717, 1.165) is 89.5 Å². The van der Waals surface area contributed by atoms with Crippen LogP contribution >= 0.6 is 0 Å². The smallest absolute Gasteiger partial charge is 0.251 e. The van der Waals surface area contributed by atoms with E-state index in [9.17, 15) is 9.59 Å². The number of carbonyl (C=O) groups is 2. The fraction of sp³-hybridized carbons (Fsp3) is 0.714. The van der Waals surface area contributed by atoms with Gasteiger partial charge in [-0.25, -0.2) is 0 Å².